The molecule has 0 bridgehead atoms. The van der Waals surface area contributed by atoms with Gasteiger partial charge in [-0.25, -0.2) is 8.42 Å². The third-order valence-corrected chi connectivity index (χ3v) is 4.68. The van der Waals surface area contributed by atoms with Crippen molar-refractivity contribution >= 4 is 27.2 Å². The van der Waals surface area contributed by atoms with E-state index in [1.165, 1.54) is 25.1 Å². The maximum atomic E-state index is 11.7. The normalized spacial score (nSPS) is 23.6. The van der Waals surface area contributed by atoms with Crippen LogP contribution in [0.15, 0.2) is 23.1 Å². The fraction of sp³-hybridized carbons (Fsp3) is 0.222. The van der Waals surface area contributed by atoms with E-state index in [0.29, 0.717) is 5.02 Å². The maximum Gasteiger partial charge on any atom is 0.189 e. The Balaban J connectivity index is 2.82. The van der Waals surface area contributed by atoms with Crippen LogP contribution in [0.25, 0.3) is 0 Å². The van der Waals surface area contributed by atoms with Crippen LogP contribution in [-0.4, -0.2) is 19.5 Å². The van der Waals surface area contributed by atoms with Gasteiger partial charge in [0.1, 0.15) is 5.25 Å². The summed E-state index contributed by atoms with van der Waals surface area (Å²) in [7, 11) is -3.49. The number of benzene rings is 1. The van der Waals surface area contributed by atoms with Crippen LogP contribution >= 0.6 is 11.6 Å². The highest BCUT2D eigenvalue weighted by Gasteiger charge is 2.40. The Bertz CT molecular complexity index is 519. The number of Topliss-reactive ketones (excluding diaryl/α,β-unsaturated/α-hetero) is 1. The van der Waals surface area contributed by atoms with Crippen LogP contribution in [-0.2, 0) is 9.84 Å². The minimum absolute atomic E-state index is 0.0579. The van der Waals surface area contributed by atoms with E-state index in [2.05, 4.69) is 0 Å². The number of carbonyl (C=O) groups excluding carboxylic acids is 1. The Labute approximate surface area is 86.6 Å². The van der Waals surface area contributed by atoms with Crippen LogP contribution in [0, 0.1) is 0 Å². The SMILES string of the molecule is CC1C(=O)c2ccc(Cl)cc2S1(=O)=O. The summed E-state index contributed by atoms with van der Waals surface area (Å²) in [5.74, 6) is -0.350. The lowest BCUT2D eigenvalue weighted by Crippen LogP contribution is -2.17. The zero-order valence-corrected chi connectivity index (χ0v) is 8.89. The molecule has 0 amide bonds. The first kappa shape index (κ1) is 9.68. The second-order valence-corrected chi connectivity index (χ2v) is 5.87. The Hall–Kier alpha value is -0.870. The van der Waals surface area contributed by atoms with Crippen LogP contribution in [0.5, 0.6) is 0 Å². The van der Waals surface area contributed by atoms with E-state index in [0.717, 1.165) is 0 Å². The van der Waals surface area contributed by atoms with Gasteiger partial charge in [-0.2, -0.15) is 0 Å². The average molecular weight is 231 g/mol. The molecule has 74 valence electrons. The highest BCUT2D eigenvalue weighted by atomic mass is 35.5. The molecule has 0 spiro atoms. The number of hydrogen-bond acceptors (Lipinski definition) is 3. The van der Waals surface area contributed by atoms with Crippen molar-refractivity contribution in [2.24, 2.45) is 0 Å². The topological polar surface area (TPSA) is 51.2 Å². The molecule has 14 heavy (non-hydrogen) atoms. The molecule has 1 aromatic carbocycles. The van der Waals surface area contributed by atoms with E-state index < -0.39 is 15.1 Å². The third kappa shape index (κ3) is 1.11. The van der Waals surface area contributed by atoms with Gasteiger partial charge in [-0.3, -0.25) is 4.79 Å². The van der Waals surface area contributed by atoms with E-state index in [1.807, 2.05) is 0 Å². The zero-order chi connectivity index (χ0) is 10.5. The average Bonchev–Trinajstić information content (AvgIpc) is 2.29. The first-order valence-corrected chi connectivity index (χ1v) is 5.94. The van der Waals surface area contributed by atoms with E-state index in [4.69, 9.17) is 11.6 Å². The number of ketones is 1. The second kappa shape index (κ2) is 2.81. The van der Waals surface area contributed by atoms with Crippen molar-refractivity contribution in [1.29, 1.82) is 0 Å². The zero-order valence-electron chi connectivity index (χ0n) is 7.32. The molecule has 1 aliphatic heterocycles. The van der Waals surface area contributed by atoms with Crippen LogP contribution in [0.4, 0.5) is 0 Å². The number of rotatable bonds is 0. The summed E-state index contributed by atoms with van der Waals surface area (Å²) in [5.41, 5.74) is 0.252. The number of halogens is 1. The Morgan fingerprint density at radius 1 is 1.36 bits per heavy atom. The summed E-state index contributed by atoms with van der Waals surface area (Å²) in [6.07, 6.45) is 0. The van der Waals surface area contributed by atoms with Crippen molar-refractivity contribution in [2.45, 2.75) is 17.1 Å². The van der Waals surface area contributed by atoms with Gasteiger partial charge in [0.2, 0.25) is 0 Å². The van der Waals surface area contributed by atoms with Gasteiger partial charge < -0.3 is 0 Å². The van der Waals surface area contributed by atoms with E-state index >= 15 is 0 Å². The maximum absolute atomic E-state index is 11.7. The first-order chi connectivity index (χ1) is 6.44. The van der Waals surface area contributed by atoms with Gasteiger partial charge in [0.05, 0.1) is 4.90 Å². The van der Waals surface area contributed by atoms with Gasteiger partial charge in [-0.15, -0.1) is 0 Å². The quantitative estimate of drug-likeness (QED) is 0.682. The summed E-state index contributed by atoms with van der Waals surface area (Å²) < 4.78 is 23.3. The lowest BCUT2D eigenvalue weighted by molar-refractivity contribution is 0.0994. The highest BCUT2D eigenvalue weighted by Crippen LogP contribution is 2.32. The van der Waals surface area contributed by atoms with Crippen LogP contribution in [0.1, 0.15) is 17.3 Å². The van der Waals surface area contributed by atoms with Gasteiger partial charge in [0, 0.05) is 10.6 Å². The lowest BCUT2D eigenvalue weighted by Gasteiger charge is -1.98. The van der Waals surface area contributed by atoms with Crippen molar-refractivity contribution in [3.63, 3.8) is 0 Å². The van der Waals surface area contributed by atoms with E-state index in [1.54, 1.807) is 0 Å². The Kier molecular flexibility index (Phi) is 1.94. The Morgan fingerprint density at radius 3 is 2.64 bits per heavy atom. The predicted molar refractivity (Wildman–Crippen MR) is 52.4 cm³/mol. The molecule has 0 radical (unpaired) electrons. The molecule has 0 aromatic heterocycles. The molecule has 0 saturated heterocycles. The van der Waals surface area contributed by atoms with Crippen molar-refractivity contribution in [3.05, 3.63) is 28.8 Å². The molecule has 1 unspecified atom stereocenters. The van der Waals surface area contributed by atoms with Crippen molar-refractivity contribution in [1.82, 2.24) is 0 Å². The predicted octanol–water partition coefficient (Wildman–Crippen LogP) is 1.70. The summed E-state index contributed by atoms with van der Waals surface area (Å²) >= 11 is 5.67. The number of fused-ring (bicyclic) bond motifs is 1. The monoisotopic (exact) mass is 230 g/mol. The van der Waals surface area contributed by atoms with Gasteiger partial charge in [0.25, 0.3) is 0 Å². The molecule has 5 heteroatoms. The van der Waals surface area contributed by atoms with E-state index in [9.17, 15) is 13.2 Å². The Morgan fingerprint density at radius 2 is 2.00 bits per heavy atom. The van der Waals surface area contributed by atoms with Crippen molar-refractivity contribution < 1.29 is 13.2 Å². The molecular formula is C9H7ClO3S. The molecule has 3 nitrogen and oxygen atoms in total. The standard InChI is InChI=1S/C9H7ClO3S/c1-5-9(11)7-3-2-6(10)4-8(7)14(5,12)13/h2-5H,1H3. The van der Waals surface area contributed by atoms with Gasteiger partial charge in [-0.05, 0) is 25.1 Å². The summed E-state index contributed by atoms with van der Waals surface area (Å²) in [6, 6.07) is 4.31. The molecule has 2 rings (SSSR count). The van der Waals surface area contributed by atoms with Gasteiger partial charge in [0.15, 0.2) is 15.6 Å². The molecular weight excluding hydrogens is 224 g/mol. The highest BCUT2D eigenvalue weighted by molar-refractivity contribution is 7.93. The van der Waals surface area contributed by atoms with Crippen LogP contribution in [0.2, 0.25) is 5.02 Å². The third-order valence-electron chi connectivity index (χ3n) is 2.35. The molecule has 0 N–H and O–H groups in total. The summed E-state index contributed by atoms with van der Waals surface area (Å²) in [5, 5.41) is -0.648. The van der Waals surface area contributed by atoms with Gasteiger partial charge >= 0.3 is 0 Å². The molecule has 1 aromatic rings. The fourth-order valence-electron chi connectivity index (χ4n) is 1.49. The molecule has 1 atom stereocenters. The van der Waals surface area contributed by atoms with Crippen LogP contribution in [0.3, 0.4) is 0 Å². The number of hydrogen-bond donors (Lipinski definition) is 0. The summed E-state index contributed by atoms with van der Waals surface area (Å²) in [6.45, 7) is 1.39. The minimum Gasteiger partial charge on any atom is -0.293 e. The minimum atomic E-state index is -3.49. The molecule has 0 fully saturated rings. The van der Waals surface area contributed by atoms with Crippen molar-refractivity contribution in [2.75, 3.05) is 0 Å². The largest absolute Gasteiger partial charge is 0.293 e. The number of sulfone groups is 1. The fourth-order valence-corrected chi connectivity index (χ4v) is 3.28. The van der Waals surface area contributed by atoms with Gasteiger partial charge in [-0.1, -0.05) is 11.6 Å². The van der Waals surface area contributed by atoms with Crippen molar-refractivity contribution in [3.8, 4) is 0 Å². The van der Waals surface area contributed by atoms with E-state index in [-0.39, 0.29) is 16.2 Å². The lowest BCUT2D eigenvalue weighted by atomic mass is 10.1. The summed E-state index contributed by atoms with van der Waals surface area (Å²) in [4.78, 5) is 11.6. The molecule has 0 aliphatic carbocycles. The first-order valence-electron chi connectivity index (χ1n) is 4.02. The molecule has 1 heterocycles. The molecule has 1 aliphatic rings. The number of carbonyl (C=O) groups is 1. The second-order valence-electron chi connectivity index (χ2n) is 3.19. The molecule has 0 saturated carbocycles. The van der Waals surface area contributed by atoms with Crippen LogP contribution < -0.4 is 0 Å². The smallest absolute Gasteiger partial charge is 0.189 e.